The molecule has 0 amide bonds. The first-order valence-corrected chi connectivity index (χ1v) is 9.59. The normalized spacial score (nSPS) is 19.1. The third-order valence-corrected chi connectivity index (χ3v) is 5.67. The van der Waals surface area contributed by atoms with Crippen molar-refractivity contribution in [3.8, 4) is 11.4 Å². The quantitative estimate of drug-likeness (QED) is 0.742. The maximum absolute atomic E-state index is 5.66. The van der Waals surface area contributed by atoms with Crippen molar-refractivity contribution < 1.29 is 9.47 Å². The van der Waals surface area contributed by atoms with Crippen LogP contribution in [0.5, 0.6) is 0 Å². The lowest BCUT2D eigenvalue weighted by atomic mass is 9.94. The van der Waals surface area contributed by atoms with Gasteiger partial charge in [-0.1, -0.05) is 0 Å². The van der Waals surface area contributed by atoms with Gasteiger partial charge >= 0.3 is 0 Å². The molecule has 0 atom stereocenters. The van der Waals surface area contributed by atoms with Crippen molar-refractivity contribution >= 4 is 22.4 Å². The number of hydrogen-bond donors (Lipinski definition) is 1. The summed E-state index contributed by atoms with van der Waals surface area (Å²) in [4.78, 5) is 14.3. The number of pyridine rings is 2. The van der Waals surface area contributed by atoms with E-state index in [9.17, 15) is 0 Å². The number of nitrogens with zero attached hydrogens (tertiary/aromatic N) is 5. The zero-order valence-corrected chi connectivity index (χ0v) is 16.2. The second-order valence-electron chi connectivity index (χ2n) is 7.64. The molecule has 2 aliphatic rings. The van der Waals surface area contributed by atoms with Crippen molar-refractivity contribution in [2.75, 3.05) is 56.3 Å². The minimum atomic E-state index is -0.103. The highest BCUT2D eigenvalue weighted by Crippen LogP contribution is 2.38. The summed E-state index contributed by atoms with van der Waals surface area (Å²) in [5.41, 5.74) is 3.64. The Morgan fingerprint density at radius 2 is 1.96 bits per heavy atom. The summed E-state index contributed by atoms with van der Waals surface area (Å²) in [6.45, 7) is 6.98. The Kier molecular flexibility index (Phi) is 4.17. The first-order valence-electron chi connectivity index (χ1n) is 9.59. The molecule has 0 saturated carbocycles. The Hall–Kier alpha value is -2.71. The number of fused-ring (bicyclic) bond motifs is 1. The zero-order chi connectivity index (χ0) is 19.1. The van der Waals surface area contributed by atoms with Crippen LogP contribution in [0.4, 0.5) is 11.5 Å². The average Bonchev–Trinajstić information content (AvgIpc) is 3.25. The molecule has 8 heteroatoms. The van der Waals surface area contributed by atoms with Crippen molar-refractivity contribution in [2.24, 2.45) is 0 Å². The van der Waals surface area contributed by atoms with Crippen LogP contribution in [0.2, 0.25) is 0 Å². The Bertz CT molecular complexity index is 978. The van der Waals surface area contributed by atoms with Gasteiger partial charge in [-0.15, -0.1) is 0 Å². The molecule has 2 saturated heterocycles. The fourth-order valence-electron chi connectivity index (χ4n) is 3.98. The van der Waals surface area contributed by atoms with Crippen LogP contribution in [0.3, 0.4) is 0 Å². The minimum absolute atomic E-state index is 0.103. The van der Waals surface area contributed by atoms with Crippen LogP contribution in [-0.2, 0) is 9.47 Å². The van der Waals surface area contributed by atoms with Gasteiger partial charge in [0.05, 0.1) is 30.2 Å². The van der Waals surface area contributed by atoms with Gasteiger partial charge in [-0.05, 0) is 19.1 Å². The van der Waals surface area contributed by atoms with Gasteiger partial charge in [-0.25, -0.2) is 4.98 Å². The largest absolute Gasteiger partial charge is 0.378 e. The second-order valence-corrected chi connectivity index (χ2v) is 7.64. The molecule has 0 aliphatic carbocycles. The van der Waals surface area contributed by atoms with Crippen molar-refractivity contribution in [3.63, 3.8) is 0 Å². The lowest BCUT2D eigenvalue weighted by Crippen LogP contribution is -2.61. The van der Waals surface area contributed by atoms with Crippen LogP contribution < -0.4 is 9.80 Å². The van der Waals surface area contributed by atoms with Gasteiger partial charge in [0.1, 0.15) is 17.0 Å². The van der Waals surface area contributed by atoms with E-state index in [-0.39, 0.29) is 5.60 Å². The van der Waals surface area contributed by atoms with Crippen LogP contribution in [0.25, 0.3) is 22.3 Å². The Balaban J connectivity index is 1.65. The van der Waals surface area contributed by atoms with Gasteiger partial charge < -0.3 is 19.3 Å². The van der Waals surface area contributed by atoms with Gasteiger partial charge in [0.15, 0.2) is 0 Å². The number of ether oxygens (including phenoxy) is 2. The molecular formula is C20H24N6O2. The summed E-state index contributed by atoms with van der Waals surface area (Å²) in [5, 5.41) is 8.20. The van der Waals surface area contributed by atoms with E-state index < -0.39 is 0 Å². The predicted molar refractivity (Wildman–Crippen MR) is 108 cm³/mol. The van der Waals surface area contributed by atoms with E-state index in [0.717, 1.165) is 67.5 Å². The predicted octanol–water partition coefficient (Wildman–Crippen LogP) is 2.08. The molecule has 0 spiro atoms. The molecule has 0 radical (unpaired) electrons. The molecule has 5 heterocycles. The average molecular weight is 380 g/mol. The molecule has 0 bridgehead atoms. The van der Waals surface area contributed by atoms with Gasteiger partial charge in [0.2, 0.25) is 0 Å². The van der Waals surface area contributed by atoms with E-state index in [4.69, 9.17) is 14.5 Å². The highest BCUT2D eigenvalue weighted by molar-refractivity contribution is 6.00. The summed E-state index contributed by atoms with van der Waals surface area (Å²) in [6, 6.07) is 6.17. The number of H-pyrrole nitrogens is 1. The SMILES string of the molecule is COC1(C)CN(c2cc(N3CCOCC3)nc3c(-c4ccn[nH]4)nccc23)C1. The fourth-order valence-corrected chi connectivity index (χ4v) is 3.98. The molecule has 8 nitrogen and oxygen atoms in total. The number of rotatable bonds is 4. The van der Waals surface area contributed by atoms with Gasteiger partial charge in [0.25, 0.3) is 0 Å². The lowest BCUT2D eigenvalue weighted by Gasteiger charge is -2.48. The van der Waals surface area contributed by atoms with Crippen LogP contribution in [-0.4, -0.2) is 72.3 Å². The minimum Gasteiger partial charge on any atom is -0.378 e. The third kappa shape index (κ3) is 2.89. The standard InChI is InChI=1S/C20H24N6O2/c1-20(27-2)12-26(13-20)16-11-17(25-7-9-28-10-8-25)23-18-14(16)3-5-21-19(18)15-4-6-22-24-15/h3-6,11H,7-10,12-13H2,1-2H3,(H,22,24). The number of methoxy groups -OCH3 is 1. The number of morpholine rings is 1. The maximum atomic E-state index is 5.66. The van der Waals surface area contributed by atoms with E-state index in [1.165, 1.54) is 5.69 Å². The smallest absolute Gasteiger partial charge is 0.131 e. The lowest BCUT2D eigenvalue weighted by molar-refractivity contribution is -0.0166. The van der Waals surface area contributed by atoms with Crippen LogP contribution in [0.15, 0.2) is 30.6 Å². The molecule has 0 aromatic carbocycles. The van der Waals surface area contributed by atoms with E-state index in [2.05, 4.69) is 38.0 Å². The first-order chi connectivity index (χ1) is 13.7. The summed E-state index contributed by atoms with van der Waals surface area (Å²) < 4.78 is 11.2. The third-order valence-electron chi connectivity index (χ3n) is 5.67. The van der Waals surface area contributed by atoms with E-state index in [1.54, 1.807) is 13.3 Å². The summed E-state index contributed by atoms with van der Waals surface area (Å²) in [6.07, 6.45) is 3.58. The molecular weight excluding hydrogens is 356 g/mol. The van der Waals surface area contributed by atoms with Crippen LogP contribution >= 0.6 is 0 Å². The summed E-state index contributed by atoms with van der Waals surface area (Å²) in [7, 11) is 1.78. The molecule has 3 aromatic rings. The van der Waals surface area contributed by atoms with Gasteiger partial charge in [-0.2, -0.15) is 5.10 Å². The van der Waals surface area contributed by atoms with Crippen molar-refractivity contribution in [2.45, 2.75) is 12.5 Å². The number of aromatic nitrogens is 4. The maximum Gasteiger partial charge on any atom is 0.131 e. The Morgan fingerprint density at radius 3 is 2.68 bits per heavy atom. The van der Waals surface area contributed by atoms with Crippen LogP contribution in [0.1, 0.15) is 6.92 Å². The van der Waals surface area contributed by atoms with Gasteiger partial charge in [0, 0.05) is 57.1 Å². The Morgan fingerprint density at radius 1 is 1.14 bits per heavy atom. The molecule has 5 rings (SSSR count). The first kappa shape index (κ1) is 17.4. The number of hydrogen-bond acceptors (Lipinski definition) is 7. The number of aromatic amines is 1. The van der Waals surface area contributed by atoms with Crippen molar-refractivity contribution in [3.05, 3.63) is 30.6 Å². The molecule has 1 N–H and O–H groups in total. The second kappa shape index (κ2) is 6.72. The summed E-state index contributed by atoms with van der Waals surface area (Å²) >= 11 is 0. The monoisotopic (exact) mass is 380 g/mol. The highest BCUT2D eigenvalue weighted by atomic mass is 16.5. The number of nitrogens with one attached hydrogen (secondary N) is 1. The zero-order valence-electron chi connectivity index (χ0n) is 16.2. The van der Waals surface area contributed by atoms with E-state index in [0.29, 0.717) is 0 Å². The molecule has 3 aromatic heterocycles. The van der Waals surface area contributed by atoms with Crippen LogP contribution in [0, 0.1) is 0 Å². The Labute approximate surface area is 163 Å². The number of anilines is 2. The van der Waals surface area contributed by atoms with E-state index >= 15 is 0 Å². The fraction of sp³-hybridized carbons (Fsp3) is 0.450. The van der Waals surface area contributed by atoms with Gasteiger partial charge in [-0.3, -0.25) is 10.1 Å². The topological polar surface area (TPSA) is 79.4 Å². The molecule has 2 aliphatic heterocycles. The van der Waals surface area contributed by atoms with E-state index in [1.807, 2.05) is 18.3 Å². The molecule has 0 unspecified atom stereocenters. The summed E-state index contributed by atoms with van der Waals surface area (Å²) in [5.74, 6) is 0.964. The molecule has 2 fully saturated rings. The van der Waals surface area contributed by atoms with Crippen molar-refractivity contribution in [1.29, 1.82) is 0 Å². The van der Waals surface area contributed by atoms with Crippen molar-refractivity contribution in [1.82, 2.24) is 20.2 Å². The molecule has 146 valence electrons. The highest BCUT2D eigenvalue weighted by Gasteiger charge is 2.40. The molecule has 28 heavy (non-hydrogen) atoms.